The van der Waals surface area contributed by atoms with E-state index in [9.17, 15) is 19.8 Å². The van der Waals surface area contributed by atoms with Gasteiger partial charge in [0.1, 0.15) is 5.60 Å². The van der Waals surface area contributed by atoms with Gasteiger partial charge in [-0.3, -0.25) is 0 Å². The molecule has 7 heteroatoms. The van der Waals surface area contributed by atoms with Crippen LogP contribution >= 0.6 is 0 Å². The number of hydrogen-bond acceptors (Lipinski definition) is 6. The molecule has 0 unspecified atom stereocenters. The number of esters is 1. The molecule has 1 heterocycles. The first-order chi connectivity index (χ1) is 8.60. The molecule has 0 radical (unpaired) electrons. The molecule has 1 fully saturated rings. The summed E-state index contributed by atoms with van der Waals surface area (Å²) in [5.41, 5.74) is -2.78. The number of ether oxygens (including phenoxy) is 2. The predicted octanol–water partition coefficient (Wildman–Crippen LogP) is -0.108. The number of β-amino-alcohol motifs (C(OH)–C–C–N with tert-alkyl or cyclic N) is 1. The maximum absolute atomic E-state index is 11.9. The van der Waals surface area contributed by atoms with Crippen molar-refractivity contribution in [2.24, 2.45) is 0 Å². The molecule has 0 aliphatic carbocycles. The normalized spacial score (nSPS) is 27.9. The fourth-order valence-corrected chi connectivity index (χ4v) is 1.85. The Kier molecular flexibility index (Phi) is 4.42. The Morgan fingerprint density at radius 3 is 2.42 bits per heavy atom. The summed E-state index contributed by atoms with van der Waals surface area (Å²) in [4.78, 5) is 24.6. The van der Waals surface area contributed by atoms with Gasteiger partial charge in [0, 0.05) is 6.54 Å². The van der Waals surface area contributed by atoms with Gasteiger partial charge in [-0.15, -0.1) is 0 Å². The van der Waals surface area contributed by atoms with Crippen LogP contribution in [0, 0.1) is 0 Å². The van der Waals surface area contributed by atoms with E-state index in [-0.39, 0.29) is 19.5 Å². The van der Waals surface area contributed by atoms with Crippen LogP contribution in [0.15, 0.2) is 0 Å². The average molecular weight is 275 g/mol. The molecular formula is C12H21NO6. The molecule has 0 aromatic rings. The molecule has 0 saturated carbocycles. The lowest BCUT2D eigenvalue weighted by atomic mass is 9.90. The van der Waals surface area contributed by atoms with Crippen molar-refractivity contribution in [2.75, 3.05) is 20.2 Å². The topological polar surface area (TPSA) is 96.3 Å². The van der Waals surface area contributed by atoms with Crippen molar-refractivity contribution in [2.45, 2.75) is 44.5 Å². The van der Waals surface area contributed by atoms with Crippen molar-refractivity contribution >= 4 is 12.1 Å². The van der Waals surface area contributed by atoms with E-state index in [0.717, 1.165) is 7.11 Å². The second-order valence-electron chi connectivity index (χ2n) is 5.62. The SMILES string of the molecule is COC(=O)[C@@]1(O)CN(C(=O)OC(C)(C)C)CC[C@@H]1O. The standard InChI is InChI=1S/C12H21NO6/c1-11(2,3)19-10(16)13-6-5-8(14)12(17,7-13)9(15)18-4/h8,14,17H,5-7H2,1-4H3/t8-,12+/m0/s1. The van der Waals surface area contributed by atoms with Crippen molar-refractivity contribution in [3.05, 3.63) is 0 Å². The van der Waals surface area contributed by atoms with Crippen LogP contribution in [0.2, 0.25) is 0 Å². The lowest BCUT2D eigenvalue weighted by Gasteiger charge is -2.40. The van der Waals surface area contributed by atoms with Gasteiger partial charge in [-0.2, -0.15) is 0 Å². The van der Waals surface area contributed by atoms with Crippen molar-refractivity contribution in [3.8, 4) is 0 Å². The minimum Gasteiger partial charge on any atom is -0.467 e. The Hall–Kier alpha value is -1.34. The molecule has 19 heavy (non-hydrogen) atoms. The first-order valence-corrected chi connectivity index (χ1v) is 6.07. The van der Waals surface area contributed by atoms with Crippen LogP contribution in [-0.4, -0.2) is 64.7 Å². The van der Waals surface area contributed by atoms with Crippen molar-refractivity contribution in [3.63, 3.8) is 0 Å². The summed E-state index contributed by atoms with van der Waals surface area (Å²) in [5.74, 6) is -0.965. The maximum atomic E-state index is 11.9. The first-order valence-electron chi connectivity index (χ1n) is 6.07. The van der Waals surface area contributed by atoms with E-state index in [1.54, 1.807) is 20.8 Å². The van der Waals surface area contributed by atoms with Crippen LogP contribution in [0.3, 0.4) is 0 Å². The van der Waals surface area contributed by atoms with Crippen LogP contribution in [0.1, 0.15) is 27.2 Å². The Morgan fingerprint density at radius 1 is 1.37 bits per heavy atom. The van der Waals surface area contributed by atoms with Crippen LogP contribution in [0.25, 0.3) is 0 Å². The third-order valence-corrected chi connectivity index (χ3v) is 2.85. The van der Waals surface area contributed by atoms with E-state index in [4.69, 9.17) is 4.74 Å². The molecule has 1 aliphatic heterocycles. The van der Waals surface area contributed by atoms with Gasteiger partial charge in [-0.1, -0.05) is 0 Å². The average Bonchev–Trinajstić information content (AvgIpc) is 2.29. The number of amides is 1. The first kappa shape index (κ1) is 15.7. The molecule has 0 aromatic heterocycles. The second-order valence-corrected chi connectivity index (χ2v) is 5.62. The summed E-state index contributed by atoms with van der Waals surface area (Å²) in [6, 6.07) is 0. The Labute approximate surface area is 112 Å². The van der Waals surface area contributed by atoms with E-state index in [0.29, 0.717) is 0 Å². The number of nitrogens with zero attached hydrogens (tertiary/aromatic N) is 1. The smallest absolute Gasteiger partial charge is 0.410 e. The molecule has 1 rings (SSSR count). The van der Waals surface area contributed by atoms with E-state index in [1.165, 1.54) is 4.90 Å². The summed E-state index contributed by atoms with van der Waals surface area (Å²) in [6.07, 6.45) is -1.83. The number of piperidine rings is 1. The second kappa shape index (κ2) is 5.34. The predicted molar refractivity (Wildman–Crippen MR) is 65.4 cm³/mol. The molecule has 2 N–H and O–H groups in total. The number of aliphatic hydroxyl groups is 2. The van der Waals surface area contributed by atoms with E-state index < -0.39 is 29.4 Å². The minimum absolute atomic E-state index is 0.0742. The molecule has 110 valence electrons. The monoisotopic (exact) mass is 275 g/mol. The van der Waals surface area contributed by atoms with Crippen LogP contribution in [0.4, 0.5) is 4.79 Å². The largest absolute Gasteiger partial charge is 0.467 e. The molecule has 1 saturated heterocycles. The maximum Gasteiger partial charge on any atom is 0.410 e. The van der Waals surface area contributed by atoms with Gasteiger partial charge >= 0.3 is 12.1 Å². The lowest BCUT2D eigenvalue weighted by molar-refractivity contribution is -0.184. The Morgan fingerprint density at radius 2 is 1.95 bits per heavy atom. The summed E-state index contributed by atoms with van der Waals surface area (Å²) in [6.45, 7) is 5.01. The third kappa shape index (κ3) is 3.57. The molecule has 0 bridgehead atoms. The molecular weight excluding hydrogens is 254 g/mol. The third-order valence-electron chi connectivity index (χ3n) is 2.85. The van der Waals surface area contributed by atoms with Crippen molar-refractivity contribution < 1.29 is 29.3 Å². The van der Waals surface area contributed by atoms with Gasteiger partial charge in [0.05, 0.1) is 19.8 Å². The Bertz CT molecular complexity index is 364. The quantitative estimate of drug-likeness (QED) is 0.648. The Balaban J connectivity index is 2.80. The summed E-state index contributed by atoms with van der Waals surface area (Å²) in [7, 11) is 1.11. The van der Waals surface area contributed by atoms with Gasteiger partial charge in [0.2, 0.25) is 5.60 Å². The zero-order chi connectivity index (χ0) is 14.8. The number of hydrogen-bond donors (Lipinski definition) is 2. The molecule has 7 nitrogen and oxygen atoms in total. The summed E-state index contributed by atoms with van der Waals surface area (Å²) < 4.78 is 9.63. The highest BCUT2D eigenvalue weighted by Crippen LogP contribution is 2.24. The number of rotatable bonds is 1. The zero-order valence-electron chi connectivity index (χ0n) is 11.7. The molecule has 1 aliphatic rings. The van der Waals surface area contributed by atoms with Gasteiger partial charge < -0.3 is 24.6 Å². The molecule has 0 spiro atoms. The minimum atomic E-state index is -2.11. The number of carbonyl (C=O) groups is 2. The fraction of sp³-hybridized carbons (Fsp3) is 0.833. The fourth-order valence-electron chi connectivity index (χ4n) is 1.85. The molecule has 0 aromatic carbocycles. The summed E-state index contributed by atoms with van der Waals surface area (Å²) >= 11 is 0. The lowest BCUT2D eigenvalue weighted by Crippen LogP contribution is -2.63. The van der Waals surface area contributed by atoms with Gasteiger partial charge in [0.25, 0.3) is 0 Å². The van der Waals surface area contributed by atoms with Gasteiger partial charge in [0.15, 0.2) is 0 Å². The molecule has 1 amide bonds. The van der Waals surface area contributed by atoms with E-state index in [2.05, 4.69) is 4.74 Å². The van der Waals surface area contributed by atoms with E-state index >= 15 is 0 Å². The highest BCUT2D eigenvalue weighted by atomic mass is 16.6. The van der Waals surface area contributed by atoms with E-state index in [1.807, 2.05) is 0 Å². The highest BCUT2D eigenvalue weighted by molar-refractivity contribution is 5.81. The van der Waals surface area contributed by atoms with Crippen LogP contribution in [0.5, 0.6) is 0 Å². The number of likely N-dealkylation sites (tertiary alicyclic amines) is 1. The zero-order valence-corrected chi connectivity index (χ0v) is 11.7. The highest BCUT2D eigenvalue weighted by Gasteiger charge is 2.50. The molecule has 2 atom stereocenters. The van der Waals surface area contributed by atoms with Crippen molar-refractivity contribution in [1.82, 2.24) is 4.90 Å². The number of carbonyl (C=O) groups excluding carboxylic acids is 2. The van der Waals surface area contributed by atoms with Gasteiger partial charge in [-0.05, 0) is 27.2 Å². The number of methoxy groups -OCH3 is 1. The van der Waals surface area contributed by atoms with Gasteiger partial charge in [-0.25, -0.2) is 9.59 Å². The summed E-state index contributed by atoms with van der Waals surface area (Å²) in [5, 5.41) is 19.9. The van der Waals surface area contributed by atoms with Crippen LogP contribution in [-0.2, 0) is 14.3 Å². The van der Waals surface area contributed by atoms with Crippen LogP contribution < -0.4 is 0 Å². The number of aliphatic hydroxyl groups excluding tert-OH is 1. The van der Waals surface area contributed by atoms with Crippen molar-refractivity contribution in [1.29, 1.82) is 0 Å².